The van der Waals surface area contributed by atoms with Gasteiger partial charge in [0.25, 0.3) is 6.43 Å². The Hall–Kier alpha value is -0.940. The van der Waals surface area contributed by atoms with E-state index in [4.69, 9.17) is 23.1 Å². The quantitative estimate of drug-likeness (QED) is 0.726. The van der Waals surface area contributed by atoms with Gasteiger partial charge in [0.05, 0.1) is 5.69 Å². The molecule has 0 radical (unpaired) electrons. The molecule has 4 N–H and O–H groups in total. The van der Waals surface area contributed by atoms with Gasteiger partial charge in [-0.25, -0.2) is 13.8 Å². The molecular weight excluding hydrogens is 200 g/mol. The number of alkyl halides is 2. The van der Waals surface area contributed by atoms with Crippen LogP contribution in [0.15, 0.2) is 6.20 Å². The highest BCUT2D eigenvalue weighted by atomic mass is 35.5. The van der Waals surface area contributed by atoms with Crippen LogP contribution in [0.2, 0.25) is 5.15 Å². The number of halogens is 3. The number of pyridine rings is 1. The maximum absolute atomic E-state index is 12.3. The molecule has 0 spiro atoms. The lowest BCUT2D eigenvalue weighted by Gasteiger charge is -2.09. The Kier molecular flexibility index (Phi) is 3.00. The molecule has 0 aliphatic rings. The molecule has 3 nitrogen and oxygen atoms in total. The zero-order chi connectivity index (χ0) is 10.0. The first-order valence-electron chi connectivity index (χ1n) is 3.49. The zero-order valence-electron chi connectivity index (χ0n) is 6.60. The molecule has 0 saturated carbocycles. The third-order valence-corrected chi connectivity index (χ3v) is 1.95. The topological polar surface area (TPSA) is 64.9 Å². The summed E-state index contributed by atoms with van der Waals surface area (Å²) in [6.07, 6.45) is -1.64. The second-order valence-corrected chi connectivity index (χ2v) is 2.76. The van der Waals surface area contributed by atoms with Crippen LogP contribution in [0.5, 0.6) is 0 Å². The minimum Gasteiger partial charge on any atom is -0.396 e. The summed E-state index contributed by atoms with van der Waals surface area (Å²) >= 11 is 5.53. The van der Waals surface area contributed by atoms with Gasteiger partial charge in [-0.2, -0.15) is 0 Å². The first kappa shape index (κ1) is 10.1. The maximum atomic E-state index is 12.3. The Morgan fingerprint density at radius 1 is 1.54 bits per heavy atom. The Labute approximate surface area is 78.7 Å². The molecule has 0 amide bonds. The van der Waals surface area contributed by atoms with Crippen molar-refractivity contribution in [1.29, 1.82) is 0 Å². The van der Waals surface area contributed by atoms with E-state index < -0.39 is 6.43 Å². The predicted octanol–water partition coefficient (Wildman–Crippen LogP) is 1.71. The zero-order valence-corrected chi connectivity index (χ0v) is 7.35. The van der Waals surface area contributed by atoms with Crippen LogP contribution in [0.3, 0.4) is 0 Å². The molecule has 1 aromatic heterocycles. The van der Waals surface area contributed by atoms with Crippen molar-refractivity contribution in [2.45, 2.75) is 13.0 Å². The molecule has 72 valence electrons. The van der Waals surface area contributed by atoms with Crippen molar-refractivity contribution in [3.63, 3.8) is 0 Å². The number of aromatic nitrogens is 1. The van der Waals surface area contributed by atoms with Gasteiger partial charge in [0, 0.05) is 23.9 Å². The van der Waals surface area contributed by atoms with E-state index in [2.05, 4.69) is 4.98 Å². The van der Waals surface area contributed by atoms with Crippen LogP contribution in [-0.4, -0.2) is 4.98 Å². The average Bonchev–Trinajstić information content (AvgIpc) is 2.09. The third kappa shape index (κ3) is 1.87. The molecule has 0 aliphatic heterocycles. The van der Waals surface area contributed by atoms with Crippen LogP contribution in [-0.2, 0) is 6.54 Å². The fourth-order valence-corrected chi connectivity index (χ4v) is 1.13. The molecule has 1 rings (SSSR count). The second kappa shape index (κ2) is 3.85. The predicted molar refractivity (Wildman–Crippen MR) is 46.5 cm³/mol. The van der Waals surface area contributed by atoms with Gasteiger partial charge in [-0.1, -0.05) is 11.6 Å². The SMILES string of the molecule is NCc1c(C(F)F)cnc(Cl)c1N. The first-order valence-corrected chi connectivity index (χ1v) is 3.86. The summed E-state index contributed by atoms with van der Waals surface area (Å²) in [5.74, 6) is 0. The van der Waals surface area contributed by atoms with E-state index in [1.165, 1.54) is 0 Å². The molecule has 6 heteroatoms. The molecule has 0 aliphatic carbocycles. The number of nitrogens with two attached hydrogens (primary N) is 2. The van der Waals surface area contributed by atoms with Crippen molar-refractivity contribution in [3.8, 4) is 0 Å². The van der Waals surface area contributed by atoms with Gasteiger partial charge >= 0.3 is 0 Å². The van der Waals surface area contributed by atoms with E-state index >= 15 is 0 Å². The van der Waals surface area contributed by atoms with Crippen molar-refractivity contribution in [2.75, 3.05) is 5.73 Å². The molecule has 1 aromatic rings. The Balaban J connectivity index is 3.30. The van der Waals surface area contributed by atoms with E-state index in [0.29, 0.717) is 0 Å². The number of rotatable bonds is 2. The van der Waals surface area contributed by atoms with Crippen LogP contribution in [0.1, 0.15) is 17.6 Å². The van der Waals surface area contributed by atoms with Crippen molar-refractivity contribution in [2.24, 2.45) is 5.73 Å². The second-order valence-electron chi connectivity index (χ2n) is 2.40. The lowest BCUT2D eigenvalue weighted by atomic mass is 10.1. The third-order valence-electron chi connectivity index (χ3n) is 1.65. The molecule has 1 heterocycles. The average molecular weight is 208 g/mol. The molecule has 0 aromatic carbocycles. The fraction of sp³-hybridized carbons (Fsp3) is 0.286. The van der Waals surface area contributed by atoms with E-state index in [0.717, 1.165) is 6.20 Å². The minimum atomic E-state index is -2.63. The van der Waals surface area contributed by atoms with Gasteiger partial charge in [0.15, 0.2) is 5.15 Å². The van der Waals surface area contributed by atoms with Gasteiger partial charge < -0.3 is 11.5 Å². The fourth-order valence-electron chi connectivity index (χ4n) is 0.970. The highest BCUT2D eigenvalue weighted by molar-refractivity contribution is 6.32. The van der Waals surface area contributed by atoms with Crippen molar-refractivity contribution in [1.82, 2.24) is 4.98 Å². The van der Waals surface area contributed by atoms with Gasteiger partial charge in [-0.3, -0.25) is 0 Å². The van der Waals surface area contributed by atoms with Crippen LogP contribution < -0.4 is 11.5 Å². The smallest absolute Gasteiger partial charge is 0.265 e. The summed E-state index contributed by atoms with van der Waals surface area (Å²) in [4.78, 5) is 3.51. The number of hydrogen-bond acceptors (Lipinski definition) is 3. The number of anilines is 1. The van der Waals surface area contributed by atoms with Crippen molar-refractivity contribution in [3.05, 3.63) is 22.5 Å². The molecule has 0 saturated heterocycles. The normalized spacial score (nSPS) is 10.8. The summed E-state index contributed by atoms with van der Waals surface area (Å²) in [6, 6.07) is 0. The first-order chi connectivity index (χ1) is 6.07. The Bertz CT molecular complexity index is 317. The highest BCUT2D eigenvalue weighted by Gasteiger charge is 2.16. The maximum Gasteiger partial charge on any atom is 0.265 e. The summed E-state index contributed by atoms with van der Waals surface area (Å²) in [6.45, 7) is -0.0756. The van der Waals surface area contributed by atoms with E-state index in [1.807, 2.05) is 0 Å². The monoisotopic (exact) mass is 207 g/mol. The molecule has 0 bridgehead atoms. The number of hydrogen-bond donors (Lipinski definition) is 2. The van der Waals surface area contributed by atoms with E-state index in [9.17, 15) is 8.78 Å². The van der Waals surface area contributed by atoms with Crippen molar-refractivity contribution < 1.29 is 8.78 Å². The standard InChI is InChI=1S/C7H8ClF2N3/c8-6-5(12)3(1-11)4(2-13-6)7(9)10/h2,7H,1,11-12H2. The van der Waals surface area contributed by atoms with Crippen molar-refractivity contribution >= 4 is 17.3 Å². The van der Waals surface area contributed by atoms with Crippen LogP contribution in [0.25, 0.3) is 0 Å². The van der Waals surface area contributed by atoms with Gasteiger partial charge in [0.1, 0.15) is 0 Å². The van der Waals surface area contributed by atoms with Crippen LogP contribution in [0.4, 0.5) is 14.5 Å². The summed E-state index contributed by atoms with van der Waals surface area (Å²) in [5.41, 5.74) is 10.6. The Morgan fingerprint density at radius 2 is 2.15 bits per heavy atom. The molecule has 0 atom stereocenters. The summed E-state index contributed by atoms with van der Waals surface area (Å²) < 4.78 is 24.7. The summed E-state index contributed by atoms with van der Waals surface area (Å²) in [7, 11) is 0. The summed E-state index contributed by atoms with van der Waals surface area (Å²) in [5, 5.41) is 0.00449. The van der Waals surface area contributed by atoms with Gasteiger partial charge in [0.2, 0.25) is 0 Å². The highest BCUT2D eigenvalue weighted by Crippen LogP contribution is 2.29. The number of nitrogen functional groups attached to an aromatic ring is 1. The lowest BCUT2D eigenvalue weighted by molar-refractivity contribution is 0.150. The lowest BCUT2D eigenvalue weighted by Crippen LogP contribution is -2.08. The molecule has 13 heavy (non-hydrogen) atoms. The molecular formula is C7H8ClF2N3. The minimum absolute atomic E-state index is 0.00449. The van der Waals surface area contributed by atoms with E-state index in [1.54, 1.807) is 0 Å². The number of nitrogens with zero attached hydrogens (tertiary/aromatic N) is 1. The van der Waals surface area contributed by atoms with Crippen LogP contribution >= 0.6 is 11.6 Å². The molecule has 0 unspecified atom stereocenters. The van der Waals surface area contributed by atoms with Crippen LogP contribution in [0, 0.1) is 0 Å². The Morgan fingerprint density at radius 3 is 2.62 bits per heavy atom. The largest absolute Gasteiger partial charge is 0.396 e. The molecule has 0 fully saturated rings. The van der Waals surface area contributed by atoms with Gasteiger partial charge in [-0.15, -0.1) is 0 Å². The van der Waals surface area contributed by atoms with E-state index in [-0.39, 0.29) is 28.5 Å². The van der Waals surface area contributed by atoms with Gasteiger partial charge in [-0.05, 0) is 0 Å².